The molecule has 0 radical (unpaired) electrons. The quantitative estimate of drug-likeness (QED) is 0.801. The molecule has 1 fully saturated rings. The molecule has 0 bridgehead atoms. The molecule has 126 valence electrons. The Kier molecular flexibility index (Phi) is 4.93. The van der Waals surface area contributed by atoms with E-state index in [0.29, 0.717) is 19.6 Å². The van der Waals surface area contributed by atoms with Gasteiger partial charge in [0.15, 0.2) is 0 Å². The van der Waals surface area contributed by atoms with Gasteiger partial charge in [-0.25, -0.2) is 4.98 Å². The number of imidazole rings is 1. The van der Waals surface area contributed by atoms with Crippen molar-refractivity contribution in [2.75, 3.05) is 19.6 Å². The molecule has 0 spiro atoms. The lowest BCUT2D eigenvalue weighted by Crippen LogP contribution is -2.59. The summed E-state index contributed by atoms with van der Waals surface area (Å²) in [5.74, 6) is 0.0337. The summed E-state index contributed by atoms with van der Waals surface area (Å²) < 4.78 is 1.91. The minimum absolute atomic E-state index is 0.00952. The summed E-state index contributed by atoms with van der Waals surface area (Å²) in [7, 11) is 0. The van der Waals surface area contributed by atoms with E-state index in [1.807, 2.05) is 48.0 Å². The first-order valence-electron chi connectivity index (χ1n) is 8.23. The lowest BCUT2D eigenvalue weighted by atomic mass is 10.1. The highest BCUT2D eigenvalue weighted by Crippen LogP contribution is 2.14. The maximum absolute atomic E-state index is 12.6. The molecular weight excluding hydrogens is 304 g/mol. The van der Waals surface area contributed by atoms with Crippen LogP contribution >= 0.6 is 0 Å². The van der Waals surface area contributed by atoms with Crippen LogP contribution in [0.5, 0.6) is 0 Å². The van der Waals surface area contributed by atoms with Gasteiger partial charge in [0.2, 0.25) is 11.8 Å². The number of amides is 2. The van der Waals surface area contributed by atoms with Gasteiger partial charge in [-0.2, -0.15) is 0 Å². The second-order valence-electron chi connectivity index (χ2n) is 6.06. The fraction of sp³-hybridized carbons (Fsp3) is 0.389. The van der Waals surface area contributed by atoms with Crippen LogP contribution in [-0.4, -0.2) is 56.8 Å². The lowest BCUT2D eigenvalue weighted by Gasteiger charge is -2.38. The molecule has 0 saturated carbocycles. The van der Waals surface area contributed by atoms with Gasteiger partial charge in [0.05, 0.1) is 12.9 Å². The number of carbonyl (C=O) groups excluding carboxylic acids is 2. The van der Waals surface area contributed by atoms with Crippen molar-refractivity contribution in [1.29, 1.82) is 0 Å². The van der Waals surface area contributed by atoms with Gasteiger partial charge in [-0.05, 0) is 18.9 Å². The summed E-state index contributed by atoms with van der Waals surface area (Å²) in [4.78, 5) is 32.3. The van der Waals surface area contributed by atoms with Crippen molar-refractivity contribution >= 4 is 11.8 Å². The first kappa shape index (κ1) is 16.2. The number of piperazine rings is 1. The molecule has 1 aromatic carbocycles. The first-order chi connectivity index (χ1) is 11.6. The van der Waals surface area contributed by atoms with E-state index >= 15 is 0 Å². The van der Waals surface area contributed by atoms with Crippen LogP contribution in [-0.2, 0) is 22.6 Å². The molecule has 0 aliphatic carbocycles. The number of nitrogens with zero attached hydrogens (tertiary/aromatic N) is 4. The fourth-order valence-corrected chi connectivity index (χ4v) is 3.00. The Bertz CT molecular complexity index is 684. The van der Waals surface area contributed by atoms with Crippen molar-refractivity contribution in [3.05, 3.63) is 54.6 Å². The second kappa shape index (κ2) is 7.29. The number of hydrogen-bond acceptors (Lipinski definition) is 3. The molecule has 1 aliphatic heterocycles. The zero-order chi connectivity index (χ0) is 16.9. The highest BCUT2D eigenvalue weighted by molar-refractivity contribution is 5.94. The van der Waals surface area contributed by atoms with Crippen LogP contribution in [0.2, 0.25) is 0 Å². The van der Waals surface area contributed by atoms with E-state index in [4.69, 9.17) is 0 Å². The summed E-state index contributed by atoms with van der Waals surface area (Å²) in [6.07, 6.45) is 6.04. The average Bonchev–Trinajstić information content (AvgIpc) is 3.11. The predicted octanol–water partition coefficient (Wildman–Crippen LogP) is 1.19. The molecular formula is C18H22N4O2. The van der Waals surface area contributed by atoms with E-state index in [9.17, 15) is 9.59 Å². The Morgan fingerprint density at radius 3 is 2.62 bits per heavy atom. The molecule has 1 aromatic heterocycles. The lowest BCUT2D eigenvalue weighted by molar-refractivity contribution is -0.155. The highest BCUT2D eigenvalue weighted by Gasteiger charge is 2.35. The highest BCUT2D eigenvalue weighted by atomic mass is 16.2. The van der Waals surface area contributed by atoms with Gasteiger partial charge in [0.1, 0.15) is 6.04 Å². The van der Waals surface area contributed by atoms with Crippen LogP contribution in [0.1, 0.15) is 12.5 Å². The van der Waals surface area contributed by atoms with Gasteiger partial charge >= 0.3 is 0 Å². The Morgan fingerprint density at radius 2 is 1.92 bits per heavy atom. The zero-order valence-electron chi connectivity index (χ0n) is 13.8. The minimum Gasteiger partial charge on any atom is -0.336 e. The topological polar surface area (TPSA) is 58.4 Å². The monoisotopic (exact) mass is 326 g/mol. The normalized spacial score (nSPS) is 18.3. The Balaban J connectivity index is 1.57. The van der Waals surface area contributed by atoms with Crippen molar-refractivity contribution < 1.29 is 9.59 Å². The number of rotatable bonds is 6. The molecule has 1 atom stereocenters. The SMILES string of the molecule is C[C@H]1C(=O)N(CCc2ccccc2)CC(=O)N1CCn1ccnc1. The Morgan fingerprint density at radius 1 is 1.12 bits per heavy atom. The molecule has 0 unspecified atom stereocenters. The summed E-state index contributed by atoms with van der Waals surface area (Å²) in [5.41, 5.74) is 1.17. The van der Waals surface area contributed by atoms with Gasteiger partial charge in [-0.1, -0.05) is 30.3 Å². The minimum atomic E-state index is -0.412. The van der Waals surface area contributed by atoms with Gasteiger partial charge in [0.25, 0.3) is 0 Å². The van der Waals surface area contributed by atoms with E-state index in [1.165, 1.54) is 5.56 Å². The van der Waals surface area contributed by atoms with Crippen LogP contribution in [0.25, 0.3) is 0 Å². The molecule has 3 rings (SSSR count). The van der Waals surface area contributed by atoms with Gasteiger partial charge in [-0.15, -0.1) is 0 Å². The number of aromatic nitrogens is 2. The smallest absolute Gasteiger partial charge is 0.245 e. The molecule has 1 saturated heterocycles. The largest absolute Gasteiger partial charge is 0.336 e. The van der Waals surface area contributed by atoms with Gasteiger partial charge in [-0.3, -0.25) is 9.59 Å². The molecule has 6 heteroatoms. The zero-order valence-corrected chi connectivity index (χ0v) is 13.8. The van der Waals surface area contributed by atoms with E-state index in [-0.39, 0.29) is 18.4 Å². The van der Waals surface area contributed by atoms with Crippen LogP contribution in [0.3, 0.4) is 0 Å². The van der Waals surface area contributed by atoms with Gasteiger partial charge in [0, 0.05) is 32.0 Å². The maximum atomic E-state index is 12.6. The third-order valence-electron chi connectivity index (χ3n) is 4.45. The van der Waals surface area contributed by atoms with Crippen molar-refractivity contribution in [2.24, 2.45) is 0 Å². The fourth-order valence-electron chi connectivity index (χ4n) is 3.00. The van der Waals surface area contributed by atoms with Crippen LogP contribution < -0.4 is 0 Å². The third-order valence-corrected chi connectivity index (χ3v) is 4.45. The van der Waals surface area contributed by atoms with Crippen molar-refractivity contribution in [1.82, 2.24) is 19.4 Å². The molecule has 2 amide bonds. The van der Waals surface area contributed by atoms with Crippen molar-refractivity contribution in [3.63, 3.8) is 0 Å². The summed E-state index contributed by atoms with van der Waals surface area (Å²) in [6.45, 7) is 3.72. The Hall–Kier alpha value is -2.63. The van der Waals surface area contributed by atoms with Crippen molar-refractivity contribution in [3.8, 4) is 0 Å². The summed E-state index contributed by atoms with van der Waals surface area (Å²) >= 11 is 0. The number of hydrogen-bond donors (Lipinski definition) is 0. The number of carbonyl (C=O) groups is 2. The van der Waals surface area contributed by atoms with E-state index in [0.717, 1.165) is 6.42 Å². The van der Waals surface area contributed by atoms with Crippen LogP contribution in [0.15, 0.2) is 49.1 Å². The van der Waals surface area contributed by atoms with Gasteiger partial charge < -0.3 is 14.4 Å². The Labute approximate surface area is 141 Å². The van der Waals surface area contributed by atoms with Crippen molar-refractivity contribution in [2.45, 2.75) is 25.9 Å². The van der Waals surface area contributed by atoms with Crippen LogP contribution in [0.4, 0.5) is 0 Å². The first-order valence-corrected chi connectivity index (χ1v) is 8.23. The molecule has 2 heterocycles. The maximum Gasteiger partial charge on any atom is 0.245 e. The molecule has 2 aromatic rings. The molecule has 6 nitrogen and oxygen atoms in total. The average molecular weight is 326 g/mol. The summed E-state index contributed by atoms with van der Waals surface area (Å²) in [5, 5.41) is 0. The molecule has 24 heavy (non-hydrogen) atoms. The number of benzene rings is 1. The third kappa shape index (κ3) is 3.64. The summed E-state index contributed by atoms with van der Waals surface area (Å²) in [6, 6.07) is 9.61. The molecule has 1 aliphatic rings. The second-order valence-corrected chi connectivity index (χ2v) is 6.06. The predicted molar refractivity (Wildman–Crippen MR) is 90.1 cm³/mol. The van der Waals surface area contributed by atoms with E-state index in [1.54, 1.807) is 22.3 Å². The standard InChI is InChI=1S/C18H22N4O2/c1-15-18(24)21(9-7-16-5-3-2-4-6-16)13-17(23)22(15)12-11-20-10-8-19-14-20/h2-6,8,10,14-15H,7,9,11-13H2,1H3/t15-/m0/s1. The van der Waals surface area contributed by atoms with Crippen LogP contribution in [0, 0.1) is 0 Å². The molecule has 0 N–H and O–H groups in total. The van der Waals surface area contributed by atoms with E-state index < -0.39 is 6.04 Å². The van der Waals surface area contributed by atoms with E-state index in [2.05, 4.69) is 4.98 Å².